The van der Waals surface area contributed by atoms with Gasteiger partial charge in [-0.1, -0.05) is 57.0 Å². The summed E-state index contributed by atoms with van der Waals surface area (Å²) < 4.78 is 5.92. The van der Waals surface area contributed by atoms with E-state index in [1.165, 1.54) is 38.5 Å². The second-order valence-electron chi connectivity index (χ2n) is 5.92. The maximum atomic E-state index is 12.1. The third-order valence-electron chi connectivity index (χ3n) is 4.08. The number of halogens is 1. The Kier molecular flexibility index (Phi) is 6.56. The van der Waals surface area contributed by atoms with Gasteiger partial charge in [-0.15, -0.1) is 0 Å². The molecule has 0 aliphatic carbocycles. The van der Waals surface area contributed by atoms with Gasteiger partial charge in [0, 0.05) is 11.4 Å². The predicted molar refractivity (Wildman–Crippen MR) is 87.4 cm³/mol. The van der Waals surface area contributed by atoms with Crippen LogP contribution in [0, 0.1) is 0 Å². The van der Waals surface area contributed by atoms with Crippen LogP contribution in [0.1, 0.15) is 75.1 Å². The molecule has 0 fully saturated rings. The smallest absolute Gasteiger partial charge is 0.170 e. The molecule has 0 aromatic heterocycles. The van der Waals surface area contributed by atoms with Crippen LogP contribution in [-0.4, -0.2) is 11.9 Å². The van der Waals surface area contributed by atoms with Crippen molar-refractivity contribution in [3.05, 3.63) is 28.8 Å². The van der Waals surface area contributed by atoms with Gasteiger partial charge in [-0.2, -0.15) is 0 Å². The first-order valence-corrected chi connectivity index (χ1v) is 8.58. The maximum Gasteiger partial charge on any atom is 0.170 e. The molecular weight excluding hydrogens is 284 g/mol. The van der Waals surface area contributed by atoms with Crippen molar-refractivity contribution >= 4 is 17.4 Å². The van der Waals surface area contributed by atoms with Crippen molar-refractivity contribution in [2.75, 3.05) is 0 Å². The maximum absolute atomic E-state index is 12.1. The summed E-state index contributed by atoms with van der Waals surface area (Å²) in [5.41, 5.74) is 0.637. The Hall–Kier alpha value is -1.02. The van der Waals surface area contributed by atoms with Crippen molar-refractivity contribution in [2.24, 2.45) is 0 Å². The molecular formula is C18H25ClO2. The van der Waals surface area contributed by atoms with E-state index >= 15 is 0 Å². The zero-order valence-electron chi connectivity index (χ0n) is 12.9. The highest BCUT2D eigenvalue weighted by molar-refractivity contribution is 6.31. The average molecular weight is 309 g/mol. The van der Waals surface area contributed by atoms with E-state index in [1.807, 2.05) is 6.07 Å². The number of unbranched alkanes of at least 4 members (excludes halogenated alkanes) is 6. The first-order chi connectivity index (χ1) is 10.2. The highest BCUT2D eigenvalue weighted by Crippen LogP contribution is 2.31. The molecule has 1 atom stereocenters. The zero-order chi connectivity index (χ0) is 15.1. The minimum absolute atomic E-state index is 0.0433. The van der Waals surface area contributed by atoms with Gasteiger partial charge in [-0.05, 0) is 31.0 Å². The molecule has 1 aromatic rings. The van der Waals surface area contributed by atoms with E-state index < -0.39 is 0 Å². The van der Waals surface area contributed by atoms with Crippen molar-refractivity contribution in [2.45, 2.75) is 70.8 Å². The lowest BCUT2D eigenvalue weighted by atomic mass is 9.97. The second-order valence-corrected chi connectivity index (χ2v) is 6.35. The SMILES string of the molecule is CCCCCCCCCC1CC(=O)c2cc(Cl)ccc2O1. The van der Waals surface area contributed by atoms with Gasteiger partial charge in [0.2, 0.25) is 0 Å². The molecule has 2 nitrogen and oxygen atoms in total. The Morgan fingerprint density at radius 1 is 1.14 bits per heavy atom. The number of rotatable bonds is 8. The standard InChI is InChI=1S/C18H25ClO2/c1-2-3-4-5-6-7-8-9-15-13-17(20)16-12-14(19)10-11-18(16)21-15/h10-12,15H,2-9,13H2,1H3. The van der Waals surface area contributed by atoms with Crippen LogP contribution in [0.2, 0.25) is 5.02 Å². The molecule has 1 heterocycles. The third kappa shape index (κ3) is 5.03. The summed E-state index contributed by atoms with van der Waals surface area (Å²) in [5.74, 6) is 0.857. The Balaban J connectivity index is 1.72. The van der Waals surface area contributed by atoms with Gasteiger partial charge >= 0.3 is 0 Å². The Bertz CT molecular complexity index is 470. The monoisotopic (exact) mass is 308 g/mol. The molecule has 0 bridgehead atoms. The fraction of sp³-hybridized carbons (Fsp3) is 0.611. The fourth-order valence-electron chi connectivity index (χ4n) is 2.85. The lowest BCUT2D eigenvalue weighted by Crippen LogP contribution is -2.26. The molecule has 21 heavy (non-hydrogen) atoms. The van der Waals surface area contributed by atoms with E-state index in [0.717, 1.165) is 12.8 Å². The molecule has 1 aliphatic rings. The van der Waals surface area contributed by atoms with E-state index in [0.29, 0.717) is 22.8 Å². The summed E-state index contributed by atoms with van der Waals surface area (Å²) in [4.78, 5) is 12.1. The number of ether oxygens (including phenoxy) is 1. The van der Waals surface area contributed by atoms with Crippen molar-refractivity contribution in [1.82, 2.24) is 0 Å². The Morgan fingerprint density at radius 3 is 2.62 bits per heavy atom. The zero-order valence-corrected chi connectivity index (χ0v) is 13.6. The van der Waals surface area contributed by atoms with E-state index in [1.54, 1.807) is 12.1 Å². The van der Waals surface area contributed by atoms with Crippen LogP contribution < -0.4 is 4.74 Å². The first kappa shape index (κ1) is 16.4. The number of ketones is 1. The second kappa shape index (κ2) is 8.43. The van der Waals surface area contributed by atoms with E-state index in [9.17, 15) is 4.79 Å². The van der Waals surface area contributed by atoms with Crippen molar-refractivity contribution in [3.63, 3.8) is 0 Å². The topological polar surface area (TPSA) is 26.3 Å². The van der Waals surface area contributed by atoms with Crippen LogP contribution in [0.4, 0.5) is 0 Å². The van der Waals surface area contributed by atoms with Crippen LogP contribution in [0.15, 0.2) is 18.2 Å². The van der Waals surface area contributed by atoms with Crippen LogP contribution in [0.5, 0.6) is 5.75 Å². The summed E-state index contributed by atoms with van der Waals surface area (Å²) in [6.45, 7) is 2.24. The van der Waals surface area contributed by atoms with Gasteiger partial charge < -0.3 is 4.74 Å². The number of hydrogen-bond donors (Lipinski definition) is 0. The molecule has 0 saturated carbocycles. The van der Waals surface area contributed by atoms with Crippen LogP contribution in [-0.2, 0) is 0 Å². The molecule has 3 heteroatoms. The fourth-order valence-corrected chi connectivity index (χ4v) is 3.02. The molecule has 0 saturated heterocycles. The van der Waals surface area contributed by atoms with Gasteiger partial charge in [0.05, 0.1) is 5.56 Å². The van der Waals surface area contributed by atoms with E-state index in [-0.39, 0.29) is 11.9 Å². The molecule has 116 valence electrons. The van der Waals surface area contributed by atoms with Crippen molar-refractivity contribution in [3.8, 4) is 5.75 Å². The summed E-state index contributed by atoms with van der Waals surface area (Å²) >= 11 is 5.93. The number of benzene rings is 1. The molecule has 1 aromatic carbocycles. The summed E-state index contributed by atoms with van der Waals surface area (Å²) in [5, 5.41) is 0.594. The van der Waals surface area contributed by atoms with E-state index in [4.69, 9.17) is 16.3 Å². The minimum Gasteiger partial charge on any atom is -0.489 e. The molecule has 0 radical (unpaired) electrons. The normalized spacial score (nSPS) is 17.4. The largest absolute Gasteiger partial charge is 0.489 e. The molecule has 2 rings (SSSR count). The van der Waals surface area contributed by atoms with E-state index in [2.05, 4.69) is 6.92 Å². The lowest BCUT2D eigenvalue weighted by Gasteiger charge is -2.25. The van der Waals surface area contributed by atoms with Gasteiger partial charge in [0.15, 0.2) is 5.78 Å². The van der Waals surface area contributed by atoms with Gasteiger partial charge in [0.1, 0.15) is 11.9 Å². The van der Waals surface area contributed by atoms with Crippen molar-refractivity contribution < 1.29 is 9.53 Å². The minimum atomic E-state index is 0.0433. The van der Waals surface area contributed by atoms with Crippen molar-refractivity contribution in [1.29, 1.82) is 0 Å². The van der Waals surface area contributed by atoms with Gasteiger partial charge in [-0.3, -0.25) is 4.79 Å². The molecule has 0 amide bonds. The van der Waals surface area contributed by atoms with Crippen LogP contribution in [0.25, 0.3) is 0 Å². The number of hydrogen-bond acceptors (Lipinski definition) is 2. The summed E-state index contributed by atoms with van der Waals surface area (Å²) in [6.07, 6.45) is 10.5. The quantitative estimate of drug-likeness (QED) is 0.566. The molecule has 0 N–H and O–H groups in total. The number of fused-ring (bicyclic) bond motifs is 1. The lowest BCUT2D eigenvalue weighted by molar-refractivity contribution is 0.0835. The summed E-state index contributed by atoms with van der Waals surface area (Å²) in [7, 11) is 0. The third-order valence-corrected chi connectivity index (χ3v) is 4.31. The molecule has 0 spiro atoms. The highest BCUT2D eigenvalue weighted by atomic mass is 35.5. The highest BCUT2D eigenvalue weighted by Gasteiger charge is 2.26. The first-order valence-electron chi connectivity index (χ1n) is 8.20. The number of Topliss-reactive ketones (excluding diaryl/α,β-unsaturated/α-hetero) is 1. The summed E-state index contributed by atoms with van der Waals surface area (Å²) in [6, 6.07) is 5.30. The Morgan fingerprint density at radius 2 is 1.86 bits per heavy atom. The molecule has 1 unspecified atom stereocenters. The van der Waals surface area contributed by atoms with Gasteiger partial charge in [-0.25, -0.2) is 0 Å². The van der Waals surface area contributed by atoms with Crippen LogP contribution in [0.3, 0.4) is 0 Å². The Labute approximate surface area is 132 Å². The van der Waals surface area contributed by atoms with Gasteiger partial charge in [0.25, 0.3) is 0 Å². The average Bonchev–Trinajstić information content (AvgIpc) is 2.47. The number of carbonyl (C=O) groups excluding carboxylic acids is 1. The van der Waals surface area contributed by atoms with Crippen LogP contribution >= 0.6 is 11.6 Å². The predicted octanol–water partition coefficient (Wildman–Crippen LogP) is 5.81. The number of carbonyl (C=O) groups is 1. The molecule has 1 aliphatic heterocycles.